The molecule has 0 aliphatic heterocycles. The minimum absolute atomic E-state index is 0.0170. The molecule has 0 aromatic heterocycles. The molecule has 2 aliphatic carbocycles. The first-order valence-corrected chi connectivity index (χ1v) is 8.06. The third-order valence-corrected chi connectivity index (χ3v) is 4.98. The van der Waals surface area contributed by atoms with E-state index in [1.165, 1.54) is 19.3 Å². The van der Waals surface area contributed by atoms with Gasteiger partial charge in [0.1, 0.15) is 19.0 Å². The molecule has 108 valence electrons. The van der Waals surface area contributed by atoms with Crippen LogP contribution in [0.1, 0.15) is 25.7 Å². The van der Waals surface area contributed by atoms with Crippen molar-refractivity contribution < 1.29 is 14.3 Å². The molecular weight excluding hydrogens is 320 g/mol. The smallest absolute Gasteiger partial charge is 0.309 e. The molecule has 3 rings (SSSR count). The summed E-state index contributed by atoms with van der Waals surface area (Å²) in [6.07, 6.45) is 4.78. The largest absolute Gasteiger partial charge is 0.490 e. The molecule has 2 saturated carbocycles. The Kier molecular flexibility index (Phi) is 4.29. The first-order chi connectivity index (χ1) is 9.72. The van der Waals surface area contributed by atoms with Gasteiger partial charge in [0.05, 0.1) is 5.92 Å². The molecule has 2 fully saturated rings. The van der Waals surface area contributed by atoms with Crippen molar-refractivity contribution in [3.8, 4) is 5.75 Å². The fourth-order valence-corrected chi connectivity index (χ4v) is 3.74. The number of rotatable bonds is 5. The van der Waals surface area contributed by atoms with Gasteiger partial charge >= 0.3 is 5.97 Å². The van der Waals surface area contributed by atoms with Gasteiger partial charge in [-0.15, -0.1) is 0 Å². The van der Waals surface area contributed by atoms with Gasteiger partial charge in [-0.2, -0.15) is 0 Å². The molecule has 0 radical (unpaired) electrons. The molecule has 0 N–H and O–H groups in total. The summed E-state index contributed by atoms with van der Waals surface area (Å²) in [6, 6.07) is 7.64. The number of fused-ring (bicyclic) bond motifs is 2. The molecule has 0 saturated heterocycles. The van der Waals surface area contributed by atoms with E-state index in [1.54, 1.807) is 0 Å². The Morgan fingerprint density at radius 1 is 1.15 bits per heavy atom. The Balaban J connectivity index is 1.37. The van der Waals surface area contributed by atoms with Crippen molar-refractivity contribution in [2.75, 3.05) is 13.2 Å². The predicted octanol–water partition coefficient (Wildman–Crippen LogP) is 3.81. The van der Waals surface area contributed by atoms with E-state index in [2.05, 4.69) is 15.9 Å². The standard InChI is InChI=1S/C16H19BrO3/c17-13-3-5-14(6-4-13)19-7-8-20-16(18)15-10-11-1-2-12(15)9-11/h3-6,11-12,15H,1-2,7-10H2. The van der Waals surface area contributed by atoms with Gasteiger partial charge in [-0.05, 0) is 55.4 Å². The van der Waals surface area contributed by atoms with Gasteiger partial charge in [-0.3, -0.25) is 4.79 Å². The lowest BCUT2D eigenvalue weighted by atomic mass is 9.89. The van der Waals surface area contributed by atoms with Gasteiger partial charge in [0.15, 0.2) is 0 Å². The van der Waals surface area contributed by atoms with Crippen LogP contribution in [0.15, 0.2) is 28.7 Å². The number of halogens is 1. The zero-order chi connectivity index (χ0) is 13.9. The van der Waals surface area contributed by atoms with Gasteiger partial charge in [0.25, 0.3) is 0 Å². The highest BCUT2D eigenvalue weighted by Crippen LogP contribution is 2.48. The summed E-state index contributed by atoms with van der Waals surface area (Å²) in [4.78, 5) is 12.0. The number of carbonyl (C=O) groups is 1. The highest BCUT2D eigenvalue weighted by atomic mass is 79.9. The van der Waals surface area contributed by atoms with Crippen molar-refractivity contribution in [1.82, 2.24) is 0 Å². The lowest BCUT2D eigenvalue weighted by Crippen LogP contribution is -2.24. The molecule has 1 aromatic rings. The molecule has 0 heterocycles. The van der Waals surface area contributed by atoms with Gasteiger partial charge in [0, 0.05) is 4.47 Å². The Morgan fingerprint density at radius 3 is 2.60 bits per heavy atom. The number of carbonyl (C=O) groups excluding carboxylic acids is 1. The van der Waals surface area contributed by atoms with Crippen LogP contribution < -0.4 is 4.74 Å². The zero-order valence-corrected chi connectivity index (χ0v) is 13.0. The van der Waals surface area contributed by atoms with Crippen LogP contribution in [0.25, 0.3) is 0 Å². The maximum absolute atomic E-state index is 12.0. The lowest BCUT2D eigenvalue weighted by Gasteiger charge is -2.19. The quantitative estimate of drug-likeness (QED) is 0.605. The third-order valence-electron chi connectivity index (χ3n) is 4.45. The summed E-state index contributed by atoms with van der Waals surface area (Å²) in [6.45, 7) is 0.747. The number of hydrogen-bond acceptors (Lipinski definition) is 3. The van der Waals surface area contributed by atoms with E-state index >= 15 is 0 Å². The summed E-state index contributed by atoms with van der Waals surface area (Å²) in [5.41, 5.74) is 0. The molecule has 1 aromatic carbocycles. The number of benzene rings is 1. The van der Waals surface area contributed by atoms with E-state index in [4.69, 9.17) is 9.47 Å². The second kappa shape index (κ2) is 6.17. The normalized spacial score (nSPS) is 27.6. The lowest BCUT2D eigenvalue weighted by molar-refractivity contribution is -0.151. The van der Waals surface area contributed by atoms with Gasteiger partial charge < -0.3 is 9.47 Å². The third kappa shape index (κ3) is 3.17. The van der Waals surface area contributed by atoms with Gasteiger partial charge in [-0.1, -0.05) is 22.4 Å². The fraction of sp³-hybridized carbons (Fsp3) is 0.562. The van der Waals surface area contributed by atoms with Crippen LogP contribution in [0.3, 0.4) is 0 Å². The average molecular weight is 339 g/mol. The molecule has 3 atom stereocenters. The highest BCUT2D eigenvalue weighted by molar-refractivity contribution is 9.10. The van der Waals surface area contributed by atoms with E-state index in [1.807, 2.05) is 24.3 Å². The van der Waals surface area contributed by atoms with E-state index in [0.717, 1.165) is 22.6 Å². The van der Waals surface area contributed by atoms with Crippen LogP contribution in [-0.2, 0) is 9.53 Å². The SMILES string of the molecule is O=C(OCCOc1ccc(Br)cc1)C1CC2CCC1C2. The van der Waals surface area contributed by atoms with Crippen molar-refractivity contribution in [3.63, 3.8) is 0 Å². The minimum atomic E-state index is -0.0170. The maximum atomic E-state index is 12.0. The topological polar surface area (TPSA) is 35.5 Å². The molecule has 20 heavy (non-hydrogen) atoms. The summed E-state index contributed by atoms with van der Waals surface area (Å²) in [7, 11) is 0. The molecule has 0 amide bonds. The van der Waals surface area contributed by atoms with Crippen LogP contribution in [0.2, 0.25) is 0 Å². The molecule has 3 unspecified atom stereocenters. The Bertz CT molecular complexity index is 471. The monoisotopic (exact) mass is 338 g/mol. The second-order valence-corrected chi connectivity index (χ2v) is 6.67. The van der Waals surface area contributed by atoms with E-state index in [9.17, 15) is 4.79 Å². The van der Waals surface area contributed by atoms with E-state index in [-0.39, 0.29) is 11.9 Å². The first kappa shape index (κ1) is 13.9. The first-order valence-electron chi connectivity index (χ1n) is 7.27. The molecule has 3 nitrogen and oxygen atoms in total. The number of esters is 1. The van der Waals surface area contributed by atoms with Crippen molar-refractivity contribution in [3.05, 3.63) is 28.7 Å². The maximum Gasteiger partial charge on any atom is 0.309 e. The van der Waals surface area contributed by atoms with Gasteiger partial charge in [-0.25, -0.2) is 0 Å². The minimum Gasteiger partial charge on any atom is -0.490 e. The van der Waals surface area contributed by atoms with Crippen molar-refractivity contribution in [2.45, 2.75) is 25.7 Å². The molecule has 0 spiro atoms. The van der Waals surface area contributed by atoms with Crippen LogP contribution in [0.5, 0.6) is 5.75 Å². The Morgan fingerprint density at radius 2 is 1.95 bits per heavy atom. The molecule has 2 bridgehead atoms. The van der Waals surface area contributed by atoms with Crippen LogP contribution in [0, 0.1) is 17.8 Å². The van der Waals surface area contributed by atoms with E-state index < -0.39 is 0 Å². The molecule has 4 heteroatoms. The summed E-state index contributed by atoms with van der Waals surface area (Å²) in [5.74, 6) is 2.29. The summed E-state index contributed by atoms with van der Waals surface area (Å²) >= 11 is 3.38. The highest BCUT2D eigenvalue weighted by Gasteiger charge is 2.43. The summed E-state index contributed by atoms with van der Waals surface area (Å²) < 4.78 is 11.9. The van der Waals surface area contributed by atoms with Gasteiger partial charge in [0.2, 0.25) is 0 Å². The Hall–Kier alpha value is -1.03. The van der Waals surface area contributed by atoms with Crippen LogP contribution in [-0.4, -0.2) is 19.2 Å². The summed E-state index contributed by atoms with van der Waals surface area (Å²) in [5, 5.41) is 0. The zero-order valence-electron chi connectivity index (χ0n) is 11.4. The number of ether oxygens (including phenoxy) is 2. The van der Waals surface area contributed by atoms with Crippen molar-refractivity contribution >= 4 is 21.9 Å². The molecular formula is C16H19BrO3. The molecule has 2 aliphatic rings. The number of hydrogen-bond donors (Lipinski definition) is 0. The Labute approximate surface area is 127 Å². The van der Waals surface area contributed by atoms with Crippen LogP contribution >= 0.6 is 15.9 Å². The second-order valence-electron chi connectivity index (χ2n) is 5.75. The predicted molar refractivity (Wildman–Crippen MR) is 79.5 cm³/mol. The average Bonchev–Trinajstić information content (AvgIpc) is 3.08. The van der Waals surface area contributed by atoms with Crippen molar-refractivity contribution in [1.29, 1.82) is 0 Å². The van der Waals surface area contributed by atoms with Crippen LogP contribution in [0.4, 0.5) is 0 Å². The fourth-order valence-electron chi connectivity index (χ4n) is 3.47. The van der Waals surface area contributed by atoms with Crippen molar-refractivity contribution in [2.24, 2.45) is 17.8 Å². The van der Waals surface area contributed by atoms with E-state index in [0.29, 0.717) is 19.1 Å².